The van der Waals surface area contributed by atoms with Crippen LogP contribution in [0.1, 0.15) is 12.0 Å². The third-order valence-corrected chi connectivity index (χ3v) is 4.99. The molecule has 2 aliphatic heterocycles. The number of carbonyl (C=O) groups excluding carboxylic acids is 1. The Bertz CT molecular complexity index is 719. The van der Waals surface area contributed by atoms with Gasteiger partial charge in [-0.1, -0.05) is 12.1 Å². The fraction of sp³-hybridized carbons (Fsp3) is 0.619. The van der Waals surface area contributed by atoms with Gasteiger partial charge in [0.15, 0.2) is 17.5 Å². The van der Waals surface area contributed by atoms with Gasteiger partial charge in [-0.25, -0.2) is 4.99 Å². The van der Waals surface area contributed by atoms with Crippen LogP contribution >= 0.6 is 0 Å². The summed E-state index contributed by atoms with van der Waals surface area (Å²) >= 11 is 0. The summed E-state index contributed by atoms with van der Waals surface area (Å²) in [5.41, 5.74) is 0.961. The van der Waals surface area contributed by atoms with Crippen LogP contribution in [0, 0.1) is 0 Å². The van der Waals surface area contributed by atoms with Gasteiger partial charge in [0.05, 0.1) is 39.5 Å². The van der Waals surface area contributed by atoms with Gasteiger partial charge in [-0.3, -0.25) is 9.69 Å². The molecule has 1 fully saturated rings. The molecule has 1 amide bonds. The average Bonchev–Trinajstić information content (AvgIpc) is 3.01. The van der Waals surface area contributed by atoms with E-state index < -0.39 is 0 Å². The summed E-state index contributed by atoms with van der Waals surface area (Å²) in [4.78, 5) is 20.6. The van der Waals surface area contributed by atoms with Gasteiger partial charge < -0.3 is 29.7 Å². The molecule has 0 saturated carbocycles. The van der Waals surface area contributed by atoms with Crippen LogP contribution in [0.15, 0.2) is 23.2 Å². The minimum atomic E-state index is -0.0111. The molecule has 2 aliphatic rings. The van der Waals surface area contributed by atoms with E-state index in [0.717, 1.165) is 62.9 Å². The van der Waals surface area contributed by atoms with Gasteiger partial charge in [-0.15, -0.1) is 0 Å². The summed E-state index contributed by atoms with van der Waals surface area (Å²) in [5, 5.41) is 6.47. The maximum Gasteiger partial charge on any atom is 0.241 e. The number of nitrogens with one attached hydrogen (secondary N) is 2. The summed E-state index contributed by atoms with van der Waals surface area (Å²) in [6, 6.07) is 5.86. The molecule has 9 heteroatoms. The molecular formula is C21H33N5O4. The van der Waals surface area contributed by atoms with Crippen molar-refractivity contribution in [2.24, 2.45) is 4.99 Å². The van der Waals surface area contributed by atoms with Crippen LogP contribution in [0.4, 0.5) is 0 Å². The lowest BCUT2D eigenvalue weighted by Crippen LogP contribution is -2.46. The number of nitrogens with zero attached hydrogens (tertiary/aromatic N) is 3. The number of hydrogen-bond acceptors (Lipinski definition) is 6. The van der Waals surface area contributed by atoms with Crippen molar-refractivity contribution in [1.82, 2.24) is 20.4 Å². The van der Waals surface area contributed by atoms with Crippen LogP contribution in [0.3, 0.4) is 0 Å². The zero-order chi connectivity index (χ0) is 21.2. The zero-order valence-electron chi connectivity index (χ0n) is 18.0. The van der Waals surface area contributed by atoms with Gasteiger partial charge >= 0.3 is 0 Å². The van der Waals surface area contributed by atoms with Crippen LogP contribution in [0.25, 0.3) is 0 Å². The molecular weight excluding hydrogens is 386 g/mol. The monoisotopic (exact) mass is 419 g/mol. The predicted molar refractivity (Wildman–Crippen MR) is 115 cm³/mol. The average molecular weight is 420 g/mol. The molecule has 166 valence electrons. The Morgan fingerprint density at radius 1 is 1.13 bits per heavy atom. The van der Waals surface area contributed by atoms with Crippen LogP contribution < -0.4 is 20.1 Å². The number of aliphatic imine (C=N–C) groups is 1. The van der Waals surface area contributed by atoms with Gasteiger partial charge in [-0.05, 0) is 6.07 Å². The highest BCUT2D eigenvalue weighted by atomic mass is 16.5. The smallest absolute Gasteiger partial charge is 0.241 e. The van der Waals surface area contributed by atoms with E-state index in [2.05, 4.69) is 15.5 Å². The number of carbonyl (C=O) groups is 1. The molecule has 0 unspecified atom stereocenters. The summed E-state index contributed by atoms with van der Waals surface area (Å²) < 4.78 is 17.0. The largest absolute Gasteiger partial charge is 0.490 e. The molecule has 0 aromatic heterocycles. The standard InChI is InChI=1S/C21H33N5O4/c1-25(2)19(27)16-24-21(22-7-8-26-9-13-28-14-10-26)23-15-17-5-3-6-18-20(17)30-12-4-11-29-18/h3,5-6H,4,7-16H2,1-2H3,(H2,22,23,24). The summed E-state index contributed by atoms with van der Waals surface area (Å²) in [6.07, 6.45) is 0.861. The highest BCUT2D eigenvalue weighted by Crippen LogP contribution is 2.33. The number of morpholine rings is 1. The van der Waals surface area contributed by atoms with Crippen molar-refractivity contribution in [3.8, 4) is 11.5 Å². The van der Waals surface area contributed by atoms with Crippen molar-refractivity contribution in [1.29, 1.82) is 0 Å². The Morgan fingerprint density at radius 3 is 2.73 bits per heavy atom. The molecule has 0 radical (unpaired) electrons. The second-order valence-electron chi connectivity index (χ2n) is 7.48. The lowest BCUT2D eigenvalue weighted by atomic mass is 10.2. The number of fused-ring (bicyclic) bond motifs is 1. The Balaban J connectivity index is 1.62. The van der Waals surface area contributed by atoms with Gasteiger partial charge in [0.25, 0.3) is 0 Å². The molecule has 2 N–H and O–H groups in total. The first-order chi connectivity index (χ1) is 14.6. The topological polar surface area (TPSA) is 87.7 Å². The SMILES string of the molecule is CN(C)C(=O)CNC(=NCc1cccc2c1OCCCO2)NCCN1CCOCC1. The quantitative estimate of drug-likeness (QED) is 0.486. The Labute approximate surface area is 178 Å². The van der Waals surface area contributed by atoms with Crippen LogP contribution in [-0.4, -0.2) is 94.9 Å². The normalized spacial score (nSPS) is 17.2. The summed E-state index contributed by atoms with van der Waals surface area (Å²) in [7, 11) is 3.48. The molecule has 3 rings (SSSR count). The zero-order valence-corrected chi connectivity index (χ0v) is 18.0. The van der Waals surface area contributed by atoms with Crippen molar-refractivity contribution in [2.45, 2.75) is 13.0 Å². The third-order valence-electron chi connectivity index (χ3n) is 4.99. The number of guanidine groups is 1. The van der Waals surface area contributed by atoms with E-state index in [1.807, 2.05) is 18.2 Å². The van der Waals surface area contributed by atoms with Gasteiger partial charge in [0, 0.05) is 52.3 Å². The number of likely N-dealkylation sites (N-methyl/N-ethyl adjacent to an activating group) is 1. The van der Waals surface area contributed by atoms with E-state index >= 15 is 0 Å². The highest BCUT2D eigenvalue weighted by molar-refractivity contribution is 5.86. The predicted octanol–water partition coefficient (Wildman–Crippen LogP) is 0.304. The van der Waals surface area contributed by atoms with E-state index in [9.17, 15) is 4.79 Å². The molecule has 0 bridgehead atoms. The number of ether oxygens (including phenoxy) is 3. The maximum absolute atomic E-state index is 12.0. The van der Waals surface area contributed by atoms with Crippen LogP contribution in [0.2, 0.25) is 0 Å². The highest BCUT2D eigenvalue weighted by Gasteiger charge is 2.15. The van der Waals surface area contributed by atoms with Crippen molar-refractivity contribution < 1.29 is 19.0 Å². The number of amides is 1. The van der Waals surface area contributed by atoms with Crippen LogP contribution in [-0.2, 0) is 16.1 Å². The van der Waals surface area contributed by atoms with Crippen molar-refractivity contribution in [2.75, 3.05) is 73.2 Å². The molecule has 0 atom stereocenters. The number of rotatable bonds is 7. The number of para-hydroxylation sites is 1. The number of benzene rings is 1. The second kappa shape index (κ2) is 11.6. The third kappa shape index (κ3) is 6.77. The molecule has 0 spiro atoms. The molecule has 1 aromatic rings. The fourth-order valence-corrected chi connectivity index (χ4v) is 3.19. The Hall–Kier alpha value is -2.52. The first-order valence-electron chi connectivity index (χ1n) is 10.5. The lowest BCUT2D eigenvalue weighted by molar-refractivity contribution is -0.127. The first kappa shape index (κ1) is 22.2. The Morgan fingerprint density at radius 2 is 1.93 bits per heavy atom. The van der Waals surface area contributed by atoms with Crippen molar-refractivity contribution >= 4 is 11.9 Å². The molecule has 1 saturated heterocycles. The molecule has 9 nitrogen and oxygen atoms in total. The lowest BCUT2D eigenvalue weighted by Gasteiger charge is -2.26. The fourth-order valence-electron chi connectivity index (χ4n) is 3.19. The maximum atomic E-state index is 12.0. The van der Waals surface area contributed by atoms with E-state index in [1.54, 1.807) is 19.0 Å². The van der Waals surface area contributed by atoms with Gasteiger partial charge in [0.1, 0.15) is 0 Å². The second-order valence-corrected chi connectivity index (χ2v) is 7.48. The van der Waals surface area contributed by atoms with Crippen molar-refractivity contribution in [3.63, 3.8) is 0 Å². The van der Waals surface area contributed by atoms with E-state index in [0.29, 0.717) is 25.7 Å². The van der Waals surface area contributed by atoms with Crippen molar-refractivity contribution in [3.05, 3.63) is 23.8 Å². The first-order valence-corrected chi connectivity index (χ1v) is 10.5. The van der Waals surface area contributed by atoms with E-state index in [-0.39, 0.29) is 12.5 Å². The van der Waals surface area contributed by atoms with E-state index in [4.69, 9.17) is 19.2 Å². The molecule has 2 heterocycles. The Kier molecular flexibility index (Phi) is 8.58. The van der Waals surface area contributed by atoms with Gasteiger partial charge in [0.2, 0.25) is 5.91 Å². The van der Waals surface area contributed by atoms with E-state index in [1.165, 1.54) is 0 Å². The molecule has 1 aromatic carbocycles. The minimum absolute atomic E-state index is 0.0111. The van der Waals surface area contributed by atoms with Crippen LogP contribution in [0.5, 0.6) is 11.5 Å². The van der Waals surface area contributed by atoms with Gasteiger partial charge in [-0.2, -0.15) is 0 Å². The minimum Gasteiger partial charge on any atom is -0.490 e. The molecule has 0 aliphatic carbocycles. The summed E-state index contributed by atoms with van der Waals surface area (Å²) in [5.74, 6) is 2.11. The molecule has 30 heavy (non-hydrogen) atoms. The number of hydrogen-bond donors (Lipinski definition) is 2. The summed E-state index contributed by atoms with van der Waals surface area (Å²) in [6.45, 7) is 6.95.